The van der Waals surface area contributed by atoms with Crippen molar-refractivity contribution in [3.8, 4) is 0 Å². The van der Waals surface area contributed by atoms with Crippen molar-refractivity contribution >= 4 is 17.6 Å². The van der Waals surface area contributed by atoms with Crippen molar-refractivity contribution in [3.63, 3.8) is 0 Å². The molecular weight excluding hydrogens is 362 g/mol. The van der Waals surface area contributed by atoms with Gasteiger partial charge in [0.1, 0.15) is 0 Å². The molecule has 1 N–H and O–H groups in total. The van der Waals surface area contributed by atoms with Crippen molar-refractivity contribution in [3.05, 3.63) is 77.4 Å². The van der Waals surface area contributed by atoms with Gasteiger partial charge in [-0.3, -0.25) is 9.59 Å². The monoisotopic (exact) mass is 389 g/mol. The van der Waals surface area contributed by atoms with Gasteiger partial charge in [-0.25, -0.2) is 0 Å². The Labute approximate surface area is 172 Å². The van der Waals surface area contributed by atoms with E-state index in [-0.39, 0.29) is 18.4 Å². The van der Waals surface area contributed by atoms with Crippen LogP contribution in [0.5, 0.6) is 0 Å². The number of anilines is 1. The highest BCUT2D eigenvalue weighted by Crippen LogP contribution is 2.52. The van der Waals surface area contributed by atoms with Crippen LogP contribution in [0.1, 0.15) is 49.7 Å². The second-order valence-corrected chi connectivity index (χ2v) is 7.85. The number of esters is 1. The van der Waals surface area contributed by atoms with Gasteiger partial charge >= 0.3 is 5.97 Å². The third-order valence-corrected chi connectivity index (χ3v) is 6.08. The molecule has 0 aromatic heterocycles. The smallest absolute Gasteiger partial charge is 0.322 e. The molecule has 2 aliphatic rings. The number of rotatable bonds is 5. The van der Waals surface area contributed by atoms with Crippen LogP contribution in [0.3, 0.4) is 0 Å². The molecule has 1 aliphatic carbocycles. The summed E-state index contributed by atoms with van der Waals surface area (Å²) in [5.41, 5.74) is 2.62. The minimum Gasteiger partial charge on any atom is -0.465 e. The zero-order chi connectivity index (χ0) is 20.3. The summed E-state index contributed by atoms with van der Waals surface area (Å²) in [6, 6.07) is 17.6. The Hall–Kier alpha value is -2.88. The number of nitrogens with one attached hydrogen (secondary N) is 1. The summed E-state index contributed by atoms with van der Waals surface area (Å²) in [5, 5.41) is 3.01. The minimum atomic E-state index is -1.31. The summed E-state index contributed by atoms with van der Waals surface area (Å²) in [5.74, 6) is -1.02. The minimum absolute atomic E-state index is 0.246. The number of hydrogen-bond acceptors (Lipinski definition) is 3. The lowest BCUT2D eigenvalue weighted by molar-refractivity contribution is -0.161. The summed E-state index contributed by atoms with van der Waals surface area (Å²) >= 11 is 0. The molecule has 29 heavy (non-hydrogen) atoms. The van der Waals surface area contributed by atoms with Crippen molar-refractivity contribution in [1.29, 1.82) is 0 Å². The fourth-order valence-corrected chi connectivity index (χ4v) is 4.78. The zero-order valence-electron chi connectivity index (χ0n) is 16.8. The maximum absolute atomic E-state index is 13.6. The fourth-order valence-electron chi connectivity index (χ4n) is 4.78. The quantitative estimate of drug-likeness (QED) is 0.444. The largest absolute Gasteiger partial charge is 0.465 e. The van der Waals surface area contributed by atoms with E-state index in [1.54, 1.807) is 6.92 Å². The highest BCUT2D eigenvalue weighted by atomic mass is 16.5. The molecule has 0 bridgehead atoms. The molecule has 1 amide bonds. The van der Waals surface area contributed by atoms with Crippen molar-refractivity contribution in [2.45, 2.75) is 44.9 Å². The van der Waals surface area contributed by atoms with Gasteiger partial charge in [0.2, 0.25) is 5.91 Å². The first-order valence-corrected chi connectivity index (χ1v) is 10.5. The number of para-hydroxylation sites is 1. The van der Waals surface area contributed by atoms with Gasteiger partial charge in [-0.15, -0.1) is 0 Å². The summed E-state index contributed by atoms with van der Waals surface area (Å²) in [7, 11) is 0. The summed E-state index contributed by atoms with van der Waals surface area (Å²) < 4.78 is 5.54. The number of ether oxygens (including phenoxy) is 1. The van der Waals surface area contributed by atoms with Crippen molar-refractivity contribution in [2.75, 3.05) is 11.9 Å². The lowest BCUT2D eigenvalue weighted by Crippen LogP contribution is -2.53. The normalized spacial score (nSPS) is 23.6. The molecule has 2 atom stereocenters. The van der Waals surface area contributed by atoms with Gasteiger partial charge in [0.05, 0.1) is 6.61 Å². The summed E-state index contributed by atoms with van der Waals surface area (Å²) in [4.78, 5) is 27.1. The molecule has 1 aliphatic heterocycles. The summed E-state index contributed by atoms with van der Waals surface area (Å²) in [6.45, 7) is 2.04. The van der Waals surface area contributed by atoms with Crippen LogP contribution in [-0.4, -0.2) is 18.5 Å². The van der Waals surface area contributed by atoms with Crippen LogP contribution in [0, 0.1) is 5.41 Å². The molecule has 150 valence electrons. The first-order valence-electron chi connectivity index (χ1n) is 10.5. The van der Waals surface area contributed by atoms with E-state index in [9.17, 15) is 9.59 Å². The average molecular weight is 389 g/mol. The van der Waals surface area contributed by atoms with Crippen LogP contribution in [0.25, 0.3) is 0 Å². The van der Waals surface area contributed by atoms with E-state index in [2.05, 4.69) is 11.4 Å². The number of hydrogen-bond donors (Lipinski definition) is 1. The van der Waals surface area contributed by atoms with Gasteiger partial charge in [0.25, 0.3) is 0 Å². The van der Waals surface area contributed by atoms with Crippen LogP contribution in [0.15, 0.2) is 66.2 Å². The Morgan fingerprint density at radius 3 is 2.59 bits per heavy atom. The molecule has 0 saturated heterocycles. The van der Waals surface area contributed by atoms with E-state index in [1.165, 1.54) is 5.57 Å². The highest BCUT2D eigenvalue weighted by Gasteiger charge is 2.57. The average Bonchev–Trinajstić information content (AvgIpc) is 2.75. The molecular formula is C25H27NO3. The number of carbonyl (C=O) groups is 2. The maximum Gasteiger partial charge on any atom is 0.322 e. The molecule has 2 aromatic carbocycles. The molecule has 0 saturated carbocycles. The number of allylic oxidation sites excluding steroid dienone is 2. The van der Waals surface area contributed by atoms with Crippen molar-refractivity contribution in [1.82, 2.24) is 0 Å². The Morgan fingerprint density at radius 1 is 1.10 bits per heavy atom. The van der Waals surface area contributed by atoms with Crippen LogP contribution >= 0.6 is 0 Å². The van der Waals surface area contributed by atoms with Gasteiger partial charge in [0, 0.05) is 11.6 Å². The molecule has 1 heterocycles. The predicted molar refractivity (Wildman–Crippen MR) is 114 cm³/mol. The van der Waals surface area contributed by atoms with Gasteiger partial charge in [0.15, 0.2) is 5.41 Å². The molecule has 0 radical (unpaired) electrons. The van der Waals surface area contributed by atoms with E-state index < -0.39 is 11.4 Å². The predicted octanol–water partition coefficient (Wildman–Crippen LogP) is 5.01. The molecule has 2 aromatic rings. The standard InChI is InChI=1S/C25H27NO3/c1-2-29-24(28)25(17-18-11-5-3-6-12-18)22(19-13-7-4-8-14-19)20-15-9-10-16-21(20)26-23(25)27/h3,5-6,9-13,15-16,22H,2,4,7-8,14,17H2,1H3,(H,26,27)/t22-,25+/m1/s1. The van der Waals surface area contributed by atoms with E-state index in [0.29, 0.717) is 6.42 Å². The summed E-state index contributed by atoms with van der Waals surface area (Å²) in [6.07, 6.45) is 6.67. The fraction of sp³-hybridized carbons (Fsp3) is 0.360. The second kappa shape index (κ2) is 8.24. The third-order valence-electron chi connectivity index (χ3n) is 6.08. The molecule has 4 rings (SSSR count). The first-order chi connectivity index (χ1) is 14.2. The van der Waals surface area contributed by atoms with E-state index in [1.807, 2.05) is 54.6 Å². The van der Waals surface area contributed by atoms with E-state index >= 15 is 0 Å². The first kappa shape index (κ1) is 19.4. The van der Waals surface area contributed by atoms with Crippen LogP contribution in [-0.2, 0) is 20.7 Å². The Kier molecular flexibility index (Phi) is 5.52. The molecule has 4 nitrogen and oxygen atoms in total. The lowest BCUT2D eigenvalue weighted by Gasteiger charge is -2.43. The van der Waals surface area contributed by atoms with Crippen LogP contribution < -0.4 is 5.32 Å². The van der Waals surface area contributed by atoms with Crippen molar-refractivity contribution in [2.24, 2.45) is 5.41 Å². The maximum atomic E-state index is 13.6. The Morgan fingerprint density at radius 2 is 1.86 bits per heavy atom. The number of amides is 1. The SMILES string of the molecule is CCOC(=O)[C@]1(Cc2ccccc2)C(=O)Nc2ccccc2[C@H]1C1=CCCCC1. The Balaban J connectivity index is 1.93. The van der Waals surface area contributed by atoms with Gasteiger partial charge in [-0.1, -0.05) is 60.2 Å². The molecule has 4 heteroatoms. The second-order valence-electron chi connectivity index (χ2n) is 7.85. The van der Waals surface area contributed by atoms with Crippen molar-refractivity contribution < 1.29 is 14.3 Å². The Bertz CT molecular complexity index is 934. The lowest BCUT2D eigenvalue weighted by atomic mass is 9.61. The van der Waals surface area contributed by atoms with Gasteiger partial charge in [-0.2, -0.15) is 0 Å². The van der Waals surface area contributed by atoms with E-state index in [4.69, 9.17) is 4.74 Å². The highest BCUT2D eigenvalue weighted by molar-refractivity contribution is 6.12. The van der Waals surface area contributed by atoms with Crippen LogP contribution in [0.2, 0.25) is 0 Å². The zero-order valence-corrected chi connectivity index (χ0v) is 16.8. The third kappa shape index (κ3) is 3.48. The number of benzene rings is 2. The van der Waals surface area contributed by atoms with E-state index in [0.717, 1.165) is 42.5 Å². The molecule has 0 unspecified atom stereocenters. The van der Waals surface area contributed by atoms with Gasteiger partial charge < -0.3 is 10.1 Å². The van der Waals surface area contributed by atoms with Crippen LogP contribution in [0.4, 0.5) is 5.69 Å². The topological polar surface area (TPSA) is 55.4 Å². The molecule has 0 spiro atoms. The molecule has 0 fully saturated rings. The van der Waals surface area contributed by atoms with Gasteiger partial charge in [-0.05, 0) is 56.2 Å². The number of carbonyl (C=O) groups excluding carboxylic acids is 2. The number of fused-ring (bicyclic) bond motifs is 1.